The van der Waals surface area contributed by atoms with E-state index in [2.05, 4.69) is 20.3 Å². The molecule has 3 aromatic rings. The molecule has 1 fully saturated rings. The number of anilines is 1. The highest BCUT2D eigenvalue weighted by Crippen LogP contribution is 2.23. The van der Waals surface area contributed by atoms with E-state index < -0.39 is 0 Å². The van der Waals surface area contributed by atoms with E-state index in [1.54, 1.807) is 30.6 Å². The van der Waals surface area contributed by atoms with Crippen LogP contribution in [-0.2, 0) is 0 Å². The first kappa shape index (κ1) is 14.5. The molecule has 3 heterocycles. The topological polar surface area (TPSA) is 83.1 Å². The molecule has 2 N–H and O–H groups in total. The van der Waals surface area contributed by atoms with Gasteiger partial charge in [-0.15, -0.1) is 0 Å². The van der Waals surface area contributed by atoms with Gasteiger partial charge in [-0.3, -0.25) is 9.78 Å². The van der Waals surface area contributed by atoms with Crippen molar-refractivity contribution in [3.05, 3.63) is 48.5 Å². The van der Waals surface area contributed by atoms with Gasteiger partial charge in [0.15, 0.2) is 0 Å². The van der Waals surface area contributed by atoms with Crippen molar-refractivity contribution in [2.45, 2.75) is 6.04 Å². The highest BCUT2D eigenvalue weighted by molar-refractivity contribution is 5.98. The number of aromatic amines is 1. The van der Waals surface area contributed by atoms with Crippen LogP contribution in [0.1, 0.15) is 10.5 Å². The summed E-state index contributed by atoms with van der Waals surface area (Å²) in [4.78, 5) is 25.7. The van der Waals surface area contributed by atoms with E-state index in [1.165, 1.54) is 0 Å². The third-order valence-electron chi connectivity index (χ3n) is 4.14. The van der Waals surface area contributed by atoms with Gasteiger partial charge >= 0.3 is 0 Å². The fraction of sp³-hybridized carbons (Fsp3) is 0.235. The van der Waals surface area contributed by atoms with Gasteiger partial charge in [0, 0.05) is 42.5 Å². The minimum absolute atomic E-state index is 0.00219. The number of carbonyl (C=O) groups excluding carboxylic acids is 1. The lowest BCUT2D eigenvalue weighted by molar-refractivity contribution is 0.0620. The summed E-state index contributed by atoms with van der Waals surface area (Å²) in [7, 11) is 1.63. The molecule has 0 unspecified atom stereocenters. The van der Waals surface area contributed by atoms with Crippen LogP contribution in [0.15, 0.2) is 42.9 Å². The number of amides is 1. The maximum absolute atomic E-state index is 12.6. The summed E-state index contributed by atoms with van der Waals surface area (Å²) in [5.41, 5.74) is 1.49. The van der Waals surface area contributed by atoms with Crippen LogP contribution in [0.3, 0.4) is 0 Å². The lowest BCUT2D eigenvalue weighted by Gasteiger charge is -2.39. The number of fused-ring (bicyclic) bond motifs is 1. The van der Waals surface area contributed by atoms with Gasteiger partial charge in [0.05, 0.1) is 19.3 Å². The molecule has 1 saturated heterocycles. The quantitative estimate of drug-likeness (QED) is 0.766. The Kier molecular flexibility index (Phi) is 3.53. The van der Waals surface area contributed by atoms with Gasteiger partial charge in [0.25, 0.3) is 5.91 Å². The zero-order chi connectivity index (χ0) is 16.5. The Balaban J connectivity index is 1.42. The van der Waals surface area contributed by atoms with E-state index in [9.17, 15) is 4.79 Å². The van der Waals surface area contributed by atoms with Gasteiger partial charge < -0.3 is 19.9 Å². The first-order valence-corrected chi connectivity index (χ1v) is 7.71. The van der Waals surface area contributed by atoms with E-state index in [0.717, 1.165) is 22.5 Å². The van der Waals surface area contributed by atoms with Crippen LogP contribution < -0.4 is 10.1 Å². The Morgan fingerprint density at radius 3 is 2.96 bits per heavy atom. The van der Waals surface area contributed by atoms with Crippen LogP contribution in [-0.4, -0.2) is 52.0 Å². The van der Waals surface area contributed by atoms with E-state index in [0.29, 0.717) is 18.8 Å². The number of rotatable bonds is 4. The van der Waals surface area contributed by atoms with Crippen molar-refractivity contribution >= 4 is 22.6 Å². The Hall–Kier alpha value is -3.09. The molecule has 0 atom stereocenters. The Labute approximate surface area is 138 Å². The van der Waals surface area contributed by atoms with Crippen molar-refractivity contribution in [1.82, 2.24) is 19.9 Å². The molecule has 0 bridgehead atoms. The van der Waals surface area contributed by atoms with Gasteiger partial charge in [0.1, 0.15) is 17.3 Å². The Morgan fingerprint density at radius 2 is 2.21 bits per heavy atom. The second-order valence-electron chi connectivity index (χ2n) is 5.78. The SMILES string of the molecule is COc1ccc2cc(C(=O)N3CC(Nc4cnccn4)C3)[nH]c2c1. The van der Waals surface area contributed by atoms with Crippen LogP contribution >= 0.6 is 0 Å². The standard InChI is InChI=1S/C17H17N5O2/c1-24-13-3-2-11-6-15(21-14(11)7-13)17(23)22-9-12(10-22)20-16-8-18-4-5-19-16/h2-8,12,21H,9-10H2,1H3,(H,19,20). The zero-order valence-corrected chi connectivity index (χ0v) is 13.2. The van der Waals surface area contributed by atoms with Crippen molar-refractivity contribution in [3.8, 4) is 5.75 Å². The first-order chi connectivity index (χ1) is 11.7. The molecule has 2 aromatic heterocycles. The maximum Gasteiger partial charge on any atom is 0.270 e. The summed E-state index contributed by atoms with van der Waals surface area (Å²) >= 11 is 0. The normalized spacial score (nSPS) is 14.5. The fourth-order valence-electron chi connectivity index (χ4n) is 2.84. The molecule has 4 rings (SSSR count). The Bertz CT molecular complexity index is 871. The van der Waals surface area contributed by atoms with Crippen molar-refractivity contribution in [2.24, 2.45) is 0 Å². The number of hydrogen-bond donors (Lipinski definition) is 2. The monoisotopic (exact) mass is 323 g/mol. The molecule has 1 aliphatic rings. The number of nitrogens with one attached hydrogen (secondary N) is 2. The minimum atomic E-state index is 0.00219. The Morgan fingerprint density at radius 1 is 1.33 bits per heavy atom. The van der Waals surface area contributed by atoms with Crippen molar-refractivity contribution in [3.63, 3.8) is 0 Å². The number of hydrogen-bond acceptors (Lipinski definition) is 5. The predicted octanol–water partition coefficient (Wildman–Crippen LogP) is 1.90. The number of H-pyrrole nitrogens is 1. The number of likely N-dealkylation sites (tertiary alicyclic amines) is 1. The number of nitrogens with zero attached hydrogens (tertiary/aromatic N) is 3. The van der Waals surface area contributed by atoms with Crippen molar-refractivity contribution in [2.75, 3.05) is 25.5 Å². The van der Waals surface area contributed by atoms with Crippen LogP contribution in [0.5, 0.6) is 5.75 Å². The number of carbonyl (C=O) groups is 1. The summed E-state index contributed by atoms with van der Waals surface area (Å²) < 4.78 is 5.21. The van der Waals surface area contributed by atoms with E-state index in [1.807, 2.05) is 24.3 Å². The zero-order valence-electron chi connectivity index (χ0n) is 13.2. The summed E-state index contributed by atoms with van der Waals surface area (Å²) in [6.07, 6.45) is 4.95. The van der Waals surface area contributed by atoms with Crippen LogP contribution in [0, 0.1) is 0 Å². The molecule has 1 aliphatic heterocycles. The van der Waals surface area contributed by atoms with E-state index >= 15 is 0 Å². The second-order valence-corrected chi connectivity index (χ2v) is 5.78. The summed E-state index contributed by atoms with van der Waals surface area (Å²) in [6.45, 7) is 1.29. The highest BCUT2D eigenvalue weighted by atomic mass is 16.5. The van der Waals surface area contributed by atoms with Crippen LogP contribution in [0.2, 0.25) is 0 Å². The molecular weight excluding hydrogens is 306 g/mol. The summed E-state index contributed by atoms with van der Waals surface area (Å²) in [5.74, 6) is 1.50. The predicted molar refractivity (Wildman–Crippen MR) is 90.2 cm³/mol. The molecule has 0 aliphatic carbocycles. The third-order valence-corrected chi connectivity index (χ3v) is 4.14. The van der Waals surface area contributed by atoms with E-state index in [4.69, 9.17) is 4.74 Å². The molecule has 24 heavy (non-hydrogen) atoms. The smallest absolute Gasteiger partial charge is 0.270 e. The largest absolute Gasteiger partial charge is 0.497 e. The molecule has 1 amide bonds. The van der Waals surface area contributed by atoms with Crippen molar-refractivity contribution in [1.29, 1.82) is 0 Å². The number of methoxy groups -OCH3 is 1. The molecule has 7 heteroatoms. The van der Waals surface area contributed by atoms with Gasteiger partial charge in [-0.05, 0) is 18.2 Å². The van der Waals surface area contributed by atoms with Gasteiger partial charge in [-0.1, -0.05) is 0 Å². The molecule has 0 spiro atoms. The molecule has 1 aromatic carbocycles. The second kappa shape index (κ2) is 5.84. The minimum Gasteiger partial charge on any atom is -0.497 e. The lowest BCUT2D eigenvalue weighted by atomic mass is 10.1. The van der Waals surface area contributed by atoms with Gasteiger partial charge in [-0.2, -0.15) is 0 Å². The molecule has 7 nitrogen and oxygen atoms in total. The number of aromatic nitrogens is 3. The molecule has 0 saturated carbocycles. The average molecular weight is 323 g/mol. The molecule has 0 radical (unpaired) electrons. The third kappa shape index (κ3) is 2.64. The first-order valence-electron chi connectivity index (χ1n) is 7.71. The highest BCUT2D eigenvalue weighted by Gasteiger charge is 2.32. The lowest BCUT2D eigenvalue weighted by Crippen LogP contribution is -2.57. The number of ether oxygens (including phenoxy) is 1. The number of benzene rings is 1. The fourth-order valence-corrected chi connectivity index (χ4v) is 2.84. The van der Waals surface area contributed by atoms with Crippen LogP contribution in [0.4, 0.5) is 5.82 Å². The summed E-state index contributed by atoms with van der Waals surface area (Å²) in [5, 5.41) is 4.26. The maximum atomic E-state index is 12.6. The van der Waals surface area contributed by atoms with Gasteiger partial charge in [-0.25, -0.2) is 4.98 Å². The molecular formula is C17H17N5O2. The molecule has 122 valence electrons. The van der Waals surface area contributed by atoms with Gasteiger partial charge in [0.2, 0.25) is 0 Å². The average Bonchev–Trinajstić information content (AvgIpc) is 3.01. The summed E-state index contributed by atoms with van der Waals surface area (Å²) in [6, 6.07) is 7.79. The van der Waals surface area contributed by atoms with Crippen molar-refractivity contribution < 1.29 is 9.53 Å². The van der Waals surface area contributed by atoms with E-state index in [-0.39, 0.29) is 11.9 Å². The van der Waals surface area contributed by atoms with Crippen LogP contribution in [0.25, 0.3) is 10.9 Å².